The Morgan fingerprint density at radius 2 is 2.13 bits per heavy atom. The fourth-order valence-electron chi connectivity index (χ4n) is 1.41. The molecule has 1 aromatic carbocycles. The number of aliphatic hydroxyl groups excluding tert-OH is 1. The highest BCUT2D eigenvalue weighted by Crippen LogP contribution is 2.19. The van der Waals surface area contributed by atoms with Crippen LogP contribution in [-0.2, 0) is 6.42 Å². The number of rotatable bonds is 6. The number of hydrogen-bond acceptors (Lipinski definition) is 2. The summed E-state index contributed by atoms with van der Waals surface area (Å²) in [5, 5.41) is 8.62. The number of aliphatic hydroxyl groups is 1. The van der Waals surface area contributed by atoms with E-state index in [9.17, 15) is 4.39 Å². The van der Waals surface area contributed by atoms with Gasteiger partial charge in [0.1, 0.15) is 0 Å². The molecule has 1 aromatic rings. The Morgan fingerprint density at radius 3 is 2.73 bits per heavy atom. The molecule has 0 unspecified atom stereocenters. The lowest BCUT2D eigenvalue weighted by atomic mass is 10.1. The molecule has 0 aromatic heterocycles. The van der Waals surface area contributed by atoms with Gasteiger partial charge in [-0.2, -0.15) is 0 Å². The van der Waals surface area contributed by atoms with Gasteiger partial charge in [0, 0.05) is 6.61 Å². The van der Waals surface area contributed by atoms with Gasteiger partial charge < -0.3 is 9.84 Å². The molecule has 2 nitrogen and oxygen atoms in total. The van der Waals surface area contributed by atoms with Crippen molar-refractivity contribution in [3.05, 3.63) is 29.6 Å². The van der Waals surface area contributed by atoms with Crippen molar-refractivity contribution in [2.24, 2.45) is 0 Å². The molecule has 1 N–H and O–H groups in total. The first-order chi connectivity index (χ1) is 7.27. The summed E-state index contributed by atoms with van der Waals surface area (Å²) in [7, 11) is 0. The van der Waals surface area contributed by atoms with E-state index in [0.717, 1.165) is 24.8 Å². The minimum Gasteiger partial charge on any atom is -0.491 e. The second-order valence-electron chi connectivity index (χ2n) is 3.38. The largest absolute Gasteiger partial charge is 0.491 e. The quantitative estimate of drug-likeness (QED) is 0.734. The minimum atomic E-state index is -0.307. The molecular formula is C12H17FO2. The van der Waals surface area contributed by atoms with Crippen LogP contribution in [0.25, 0.3) is 0 Å². The van der Waals surface area contributed by atoms with Crippen LogP contribution < -0.4 is 4.74 Å². The number of hydrogen-bond donors (Lipinski definition) is 1. The summed E-state index contributed by atoms with van der Waals surface area (Å²) in [6.07, 6.45) is 2.43. The summed E-state index contributed by atoms with van der Waals surface area (Å²) < 4.78 is 18.5. The van der Waals surface area contributed by atoms with Crippen molar-refractivity contribution >= 4 is 0 Å². The van der Waals surface area contributed by atoms with Gasteiger partial charge in [0.25, 0.3) is 0 Å². The van der Waals surface area contributed by atoms with Crippen molar-refractivity contribution in [3.63, 3.8) is 0 Å². The first-order valence-corrected chi connectivity index (χ1v) is 5.30. The minimum absolute atomic E-state index is 0.194. The van der Waals surface area contributed by atoms with Gasteiger partial charge in [0.15, 0.2) is 11.6 Å². The summed E-state index contributed by atoms with van der Waals surface area (Å²) in [5.74, 6) is 0.00163. The highest BCUT2D eigenvalue weighted by atomic mass is 19.1. The van der Waals surface area contributed by atoms with Crippen molar-refractivity contribution in [2.75, 3.05) is 13.2 Å². The SMILES string of the molecule is CCOc1ccc(CCCCO)cc1F. The molecule has 0 atom stereocenters. The van der Waals surface area contributed by atoms with Gasteiger partial charge in [-0.25, -0.2) is 4.39 Å². The Hall–Kier alpha value is -1.09. The van der Waals surface area contributed by atoms with Crippen LogP contribution in [0.3, 0.4) is 0 Å². The third-order valence-corrected chi connectivity index (χ3v) is 2.17. The molecule has 0 spiro atoms. The van der Waals surface area contributed by atoms with Crippen LogP contribution in [-0.4, -0.2) is 18.3 Å². The number of benzene rings is 1. The first-order valence-electron chi connectivity index (χ1n) is 5.30. The fourth-order valence-corrected chi connectivity index (χ4v) is 1.41. The molecule has 0 aliphatic heterocycles. The van der Waals surface area contributed by atoms with Crippen molar-refractivity contribution < 1.29 is 14.2 Å². The molecule has 3 heteroatoms. The number of halogens is 1. The summed E-state index contributed by atoms with van der Waals surface area (Å²) in [6, 6.07) is 5.03. The standard InChI is InChI=1S/C12H17FO2/c1-2-15-12-7-6-10(9-11(12)13)5-3-4-8-14/h6-7,9,14H,2-5,8H2,1H3. The van der Waals surface area contributed by atoms with E-state index in [2.05, 4.69) is 0 Å². The normalized spacial score (nSPS) is 10.3. The van der Waals surface area contributed by atoms with Crippen molar-refractivity contribution in [2.45, 2.75) is 26.2 Å². The zero-order valence-corrected chi connectivity index (χ0v) is 9.00. The predicted octanol–water partition coefficient (Wildman–Crippen LogP) is 2.54. The van der Waals surface area contributed by atoms with E-state index in [1.54, 1.807) is 6.07 Å². The van der Waals surface area contributed by atoms with Crippen LogP contribution >= 0.6 is 0 Å². The van der Waals surface area contributed by atoms with Crippen molar-refractivity contribution in [3.8, 4) is 5.75 Å². The summed E-state index contributed by atoms with van der Waals surface area (Å²) in [6.45, 7) is 2.49. The third kappa shape index (κ3) is 3.88. The van der Waals surface area contributed by atoms with Gasteiger partial charge in [-0.1, -0.05) is 6.07 Å². The van der Waals surface area contributed by atoms with Gasteiger partial charge in [-0.3, -0.25) is 0 Å². The molecule has 0 fully saturated rings. The Bertz CT molecular complexity index is 300. The van der Waals surface area contributed by atoms with Gasteiger partial charge in [0.2, 0.25) is 0 Å². The lowest BCUT2D eigenvalue weighted by Crippen LogP contribution is -1.96. The smallest absolute Gasteiger partial charge is 0.165 e. The van der Waals surface area contributed by atoms with Crippen LogP contribution in [0.4, 0.5) is 4.39 Å². The summed E-state index contributed by atoms with van der Waals surface area (Å²) in [4.78, 5) is 0. The van der Waals surface area contributed by atoms with E-state index in [1.165, 1.54) is 6.07 Å². The fraction of sp³-hybridized carbons (Fsp3) is 0.500. The second kappa shape index (κ2) is 6.40. The summed E-state index contributed by atoms with van der Waals surface area (Å²) >= 11 is 0. The predicted molar refractivity (Wildman–Crippen MR) is 57.6 cm³/mol. The molecule has 0 heterocycles. The monoisotopic (exact) mass is 212 g/mol. The van der Waals surface area contributed by atoms with E-state index in [1.807, 2.05) is 13.0 Å². The molecule has 0 aliphatic carbocycles. The lowest BCUT2D eigenvalue weighted by Gasteiger charge is -2.06. The van der Waals surface area contributed by atoms with Gasteiger partial charge in [-0.15, -0.1) is 0 Å². The van der Waals surface area contributed by atoms with Crippen LogP contribution in [0.2, 0.25) is 0 Å². The highest BCUT2D eigenvalue weighted by molar-refractivity contribution is 5.29. The zero-order chi connectivity index (χ0) is 11.1. The van der Waals surface area contributed by atoms with Gasteiger partial charge >= 0.3 is 0 Å². The van der Waals surface area contributed by atoms with Crippen LogP contribution in [0, 0.1) is 5.82 Å². The third-order valence-electron chi connectivity index (χ3n) is 2.17. The van der Waals surface area contributed by atoms with Gasteiger partial charge in [0.05, 0.1) is 6.61 Å². The Labute approximate surface area is 89.7 Å². The van der Waals surface area contributed by atoms with Crippen LogP contribution in [0.1, 0.15) is 25.3 Å². The van der Waals surface area contributed by atoms with Crippen molar-refractivity contribution in [1.82, 2.24) is 0 Å². The molecule has 0 radical (unpaired) electrons. The summed E-state index contributed by atoms with van der Waals surface area (Å²) in [5.41, 5.74) is 0.949. The van der Waals surface area contributed by atoms with E-state index in [0.29, 0.717) is 12.4 Å². The molecule has 84 valence electrons. The molecular weight excluding hydrogens is 195 g/mol. The number of aryl methyl sites for hydroxylation is 1. The Morgan fingerprint density at radius 1 is 1.33 bits per heavy atom. The number of ether oxygens (including phenoxy) is 1. The molecule has 0 amide bonds. The Balaban J connectivity index is 2.56. The highest BCUT2D eigenvalue weighted by Gasteiger charge is 2.03. The maximum absolute atomic E-state index is 13.4. The molecule has 0 saturated heterocycles. The lowest BCUT2D eigenvalue weighted by molar-refractivity contribution is 0.284. The Kier molecular flexibility index (Phi) is 5.12. The molecule has 1 rings (SSSR count). The van der Waals surface area contributed by atoms with E-state index < -0.39 is 0 Å². The van der Waals surface area contributed by atoms with E-state index in [-0.39, 0.29) is 12.4 Å². The van der Waals surface area contributed by atoms with Crippen LogP contribution in [0.5, 0.6) is 5.75 Å². The molecule has 0 saturated carbocycles. The first kappa shape index (κ1) is 12.0. The molecule has 0 bridgehead atoms. The average molecular weight is 212 g/mol. The molecule has 15 heavy (non-hydrogen) atoms. The topological polar surface area (TPSA) is 29.5 Å². The maximum atomic E-state index is 13.4. The van der Waals surface area contributed by atoms with Crippen LogP contribution in [0.15, 0.2) is 18.2 Å². The maximum Gasteiger partial charge on any atom is 0.165 e. The number of unbranched alkanes of at least 4 members (excludes halogenated alkanes) is 1. The average Bonchev–Trinajstić information content (AvgIpc) is 2.23. The zero-order valence-electron chi connectivity index (χ0n) is 9.00. The van der Waals surface area contributed by atoms with Crippen molar-refractivity contribution in [1.29, 1.82) is 0 Å². The molecule has 0 aliphatic rings. The van der Waals surface area contributed by atoms with E-state index in [4.69, 9.17) is 9.84 Å². The second-order valence-corrected chi connectivity index (χ2v) is 3.38. The van der Waals surface area contributed by atoms with E-state index >= 15 is 0 Å². The van der Waals surface area contributed by atoms with Gasteiger partial charge in [-0.05, 0) is 43.9 Å².